The van der Waals surface area contributed by atoms with E-state index in [1.807, 2.05) is 4.90 Å². The van der Waals surface area contributed by atoms with Gasteiger partial charge in [0.05, 0.1) is 18.9 Å². The number of carboxylic acids is 1. The number of likely N-dealkylation sites (tertiary alicyclic amines) is 1. The molecule has 6 heteroatoms. The first-order valence-electron chi connectivity index (χ1n) is 4.86. The van der Waals surface area contributed by atoms with E-state index in [9.17, 15) is 14.4 Å². The van der Waals surface area contributed by atoms with Crippen LogP contribution in [0.15, 0.2) is 0 Å². The molecule has 1 atom stereocenters. The Hall–Kier alpha value is -1.43. The molecule has 0 bridgehead atoms. The van der Waals surface area contributed by atoms with E-state index >= 15 is 0 Å². The highest BCUT2D eigenvalue weighted by atomic mass is 16.4. The van der Waals surface area contributed by atoms with Crippen LogP contribution in [-0.4, -0.2) is 46.9 Å². The molecule has 0 aliphatic carbocycles. The Balaban J connectivity index is 1.82. The third-order valence-corrected chi connectivity index (χ3v) is 2.83. The first kappa shape index (κ1) is 10.1. The van der Waals surface area contributed by atoms with Crippen molar-refractivity contribution in [3.8, 4) is 0 Å². The first-order chi connectivity index (χ1) is 7.06. The van der Waals surface area contributed by atoms with Crippen molar-refractivity contribution in [1.82, 2.24) is 10.2 Å². The van der Waals surface area contributed by atoms with E-state index < -0.39 is 5.97 Å². The van der Waals surface area contributed by atoms with Crippen LogP contribution >= 0.6 is 0 Å². The second-order valence-corrected chi connectivity index (χ2v) is 4.05. The SMILES string of the molecule is O=C(O)CC1CN(C2CC(=O)NC2=O)C1. The predicted molar refractivity (Wildman–Crippen MR) is 48.9 cm³/mol. The lowest BCUT2D eigenvalue weighted by Crippen LogP contribution is -2.54. The molecule has 0 saturated carbocycles. The topological polar surface area (TPSA) is 86.7 Å². The van der Waals surface area contributed by atoms with E-state index in [0.717, 1.165) is 0 Å². The van der Waals surface area contributed by atoms with Gasteiger partial charge in [0.15, 0.2) is 0 Å². The van der Waals surface area contributed by atoms with E-state index in [1.165, 1.54) is 0 Å². The van der Waals surface area contributed by atoms with Gasteiger partial charge in [0.2, 0.25) is 11.8 Å². The molecule has 2 fully saturated rings. The normalized spacial score (nSPS) is 27.6. The van der Waals surface area contributed by atoms with Gasteiger partial charge in [-0.2, -0.15) is 0 Å². The van der Waals surface area contributed by atoms with E-state index in [2.05, 4.69) is 5.32 Å². The van der Waals surface area contributed by atoms with Crippen LogP contribution < -0.4 is 5.32 Å². The molecule has 2 aliphatic rings. The van der Waals surface area contributed by atoms with Crippen molar-refractivity contribution in [2.75, 3.05) is 13.1 Å². The molecule has 2 N–H and O–H groups in total. The minimum Gasteiger partial charge on any atom is -0.481 e. The summed E-state index contributed by atoms with van der Waals surface area (Å²) in [6, 6.07) is -0.373. The standard InChI is InChI=1S/C9H12N2O4/c12-7-2-6(9(15)10-7)11-3-5(4-11)1-8(13)14/h5-6H,1-4H2,(H,13,14)(H,10,12,15). The third-order valence-electron chi connectivity index (χ3n) is 2.83. The van der Waals surface area contributed by atoms with Crippen LogP contribution in [0.5, 0.6) is 0 Å². The maximum Gasteiger partial charge on any atom is 0.303 e. The summed E-state index contributed by atoms with van der Waals surface area (Å²) in [5, 5.41) is 10.8. The van der Waals surface area contributed by atoms with Crippen LogP contribution in [-0.2, 0) is 14.4 Å². The molecule has 15 heavy (non-hydrogen) atoms. The molecule has 0 radical (unpaired) electrons. The molecular weight excluding hydrogens is 200 g/mol. The number of hydrogen-bond acceptors (Lipinski definition) is 4. The molecule has 2 aliphatic heterocycles. The first-order valence-corrected chi connectivity index (χ1v) is 4.86. The van der Waals surface area contributed by atoms with Crippen molar-refractivity contribution in [3.63, 3.8) is 0 Å². The molecule has 0 aromatic heterocycles. The summed E-state index contributed by atoms with van der Waals surface area (Å²) < 4.78 is 0. The van der Waals surface area contributed by atoms with Crippen LogP contribution in [0.25, 0.3) is 0 Å². The molecule has 2 amide bonds. The summed E-state index contributed by atoms with van der Waals surface area (Å²) in [6.45, 7) is 1.19. The van der Waals surface area contributed by atoms with Gasteiger partial charge in [-0.25, -0.2) is 0 Å². The van der Waals surface area contributed by atoms with Crippen molar-refractivity contribution in [1.29, 1.82) is 0 Å². The number of aliphatic carboxylic acids is 1. The molecule has 82 valence electrons. The zero-order valence-electron chi connectivity index (χ0n) is 8.10. The maximum absolute atomic E-state index is 11.3. The van der Waals surface area contributed by atoms with Crippen LogP contribution in [0.4, 0.5) is 0 Å². The second kappa shape index (κ2) is 3.62. The van der Waals surface area contributed by atoms with Gasteiger partial charge in [0, 0.05) is 13.1 Å². The molecule has 0 spiro atoms. The molecule has 2 rings (SSSR count). The summed E-state index contributed by atoms with van der Waals surface area (Å²) in [7, 11) is 0. The van der Waals surface area contributed by atoms with Gasteiger partial charge >= 0.3 is 5.97 Å². The number of nitrogens with zero attached hydrogens (tertiary/aromatic N) is 1. The number of carbonyl (C=O) groups excluding carboxylic acids is 2. The van der Waals surface area contributed by atoms with Gasteiger partial charge < -0.3 is 5.11 Å². The average molecular weight is 212 g/mol. The highest BCUT2D eigenvalue weighted by molar-refractivity contribution is 6.05. The molecule has 0 aromatic carbocycles. The number of nitrogens with one attached hydrogen (secondary N) is 1. The Kier molecular flexibility index (Phi) is 2.44. The Morgan fingerprint density at radius 3 is 2.60 bits per heavy atom. The van der Waals surface area contributed by atoms with E-state index in [4.69, 9.17) is 5.11 Å². The number of rotatable bonds is 3. The molecular formula is C9H12N2O4. The lowest BCUT2D eigenvalue weighted by atomic mass is 9.94. The Morgan fingerprint density at radius 2 is 2.13 bits per heavy atom. The van der Waals surface area contributed by atoms with Crippen LogP contribution in [0.3, 0.4) is 0 Å². The van der Waals surface area contributed by atoms with Gasteiger partial charge in [-0.15, -0.1) is 0 Å². The summed E-state index contributed by atoms with van der Waals surface area (Å²) >= 11 is 0. The Bertz CT molecular complexity index is 322. The van der Waals surface area contributed by atoms with E-state index in [0.29, 0.717) is 13.1 Å². The number of carbonyl (C=O) groups is 3. The third kappa shape index (κ3) is 1.99. The van der Waals surface area contributed by atoms with Gasteiger partial charge in [-0.3, -0.25) is 24.6 Å². The fourth-order valence-corrected chi connectivity index (χ4v) is 2.08. The Morgan fingerprint density at radius 1 is 1.47 bits per heavy atom. The molecule has 6 nitrogen and oxygen atoms in total. The highest BCUT2D eigenvalue weighted by Crippen LogP contribution is 2.24. The van der Waals surface area contributed by atoms with Crippen LogP contribution in [0, 0.1) is 5.92 Å². The quantitative estimate of drug-likeness (QED) is 0.574. The van der Waals surface area contributed by atoms with Gasteiger partial charge in [0.1, 0.15) is 0 Å². The van der Waals surface area contributed by atoms with Crippen molar-refractivity contribution >= 4 is 17.8 Å². The largest absolute Gasteiger partial charge is 0.481 e. The Labute approximate surface area is 86.2 Å². The summed E-state index contributed by atoms with van der Waals surface area (Å²) in [5.74, 6) is -1.20. The minimum atomic E-state index is -0.813. The summed E-state index contributed by atoms with van der Waals surface area (Å²) in [4.78, 5) is 34.4. The molecule has 2 heterocycles. The number of carboxylic acid groups (broad SMARTS) is 1. The number of amides is 2. The van der Waals surface area contributed by atoms with Crippen LogP contribution in [0.1, 0.15) is 12.8 Å². The van der Waals surface area contributed by atoms with Gasteiger partial charge in [-0.05, 0) is 5.92 Å². The molecule has 1 unspecified atom stereocenters. The zero-order chi connectivity index (χ0) is 11.0. The second-order valence-electron chi connectivity index (χ2n) is 4.05. The molecule has 0 aromatic rings. The number of imide groups is 1. The summed E-state index contributed by atoms with van der Waals surface area (Å²) in [6.07, 6.45) is 0.345. The van der Waals surface area contributed by atoms with Gasteiger partial charge in [-0.1, -0.05) is 0 Å². The van der Waals surface area contributed by atoms with E-state index in [1.54, 1.807) is 0 Å². The lowest BCUT2D eigenvalue weighted by molar-refractivity contribution is -0.140. The maximum atomic E-state index is 11.3. The van der Waals surface area contributed by atoms with Crippen molar-refractivity contribution < 1.29 is 19.5 Å². The number of hydrogen-bond donors (Lipinski definition) is 2. The van der Waals surface area contributed by atoms with Crippen molar-refractivity contribution in [2.24, 2.45) is 5.92 Å². The average Bonchev–Trinajstić information content (AvgIpc) is 2.36. The monoisotopic (exact) mass is 212 g/mol. The zero-order valence-corrected chi connectivity index (χ0v) is 8.10. The van der Waals surface area contributed by atoms with Crippen molar-refractivity contribution in [2.45, 2.75) is 18.9 Å². The minimum absolute atomic E-state index is 0.117. The predicted octanol–water partition coefficient (Wildman–Crippen LogP) is -1.19. The summed E-state index contributed by atoms with van der Waals surface area (Å²) in [5.41, 5.74) is 0. The van der Waals surface area contributed by atoms with E-state index in [-0.39, 0.29) is 36.6 Å². The van der Waals surface area contributed by atoms with Crippen LogP contribution in [0.2, 0.25) is 0 Å². The highest BCUT2D eigenvalue weighted by Gasteiger charge is 2.41. The van der Waals surface area contributed by atoms with Crippen molar-refractivity contribution in [3.05, 3.63) is 0 Å². The molecule has 2 saturated heterocycles. The smallest absolute Gasteiger partial charge is 0.303 e. The fourth-order valence-electron chi connectivity index (χ4n) is 2.08. The van der Waals surface area contributed by atoms with Gasteiger partial charge in [0.25, 0.3) is 0 Å². The lowest BCUT2D eigenvalue weighted by Gasteiger charge is -2.41. The fraction of sp³-hybridized carbons (Fsp3) is 0.667.